The zero-order valence-electron chi connectivity index (χ0n) is 18.5. The van der Waals surface area contributed by atoms with Gasteiger partial charge in [-0.25, -0.2) is 14.6 Å². The molecule has 0 N–H and O–H groups in total. The average Bonchev–Trinajstić information content (AvgIpc) is 2.90. The molecule has 30 heavy (non-hydrogen) atoms. The molecule has 1 amide bonds. The van der Waals surface area contributed by atoms with Gasteiger partial charge in [-0.3, -0.25) is 4.79 Å². The van der Waals surface area contributed by atoms with Gasteiger partial charge in [-0.1, -0.05) is 31.5 Å². The summed E-state index contributed by atoms with van der Waals surface area (Å²) < 4.78 is 1.91. The molecule has 1 aromatic carbocycles. The number of anilines is 1. The summed E-state index contributed by atoms with van der Waals surface area (Å²) in [5.74, 6) is 1.90. The summed E-state index contributed by atoms with van der Waals surface area (Å²) in [5, 5.41) is 5.79. The molecule has 3 heterocycles. The van der Waals surface area contributed by atoms with E-state index in [1.807, 2.05) is 37.3 Å². The van der Waals surface area contributed by atoms with Crippen LogP contribution in [-0.2, 0) is 4.79 Å². The molecule has 1 aliphatic rings. The van der Waals surface area contributed by atoms with Gasteiger partial charge in [-0.15, -0.1) is 0 Å². The van der Waals surface area contributed by atoms with Crippen molar-refractivity contribution in [2.75, 3.05) is 31.1 Å². The Morgan fingerprint density at radius 3 is 2.40 bits per heavy atom. The first-order valence-corrected chi connectivity index (χ1v) is 10.7. The van der Waals surface area contributed by atoms with Crippen LogP contribution >= 0.6 is 0 Å². The second kappa shape index (κ2) is 8.05. The van der Waals surface area contributed by atoms with Crippen LogP contribution in [0.4, 0.5) is 5.82 Å². The smallest absolute Gasteiger partial charge is 0.225 e. The van der Waals surface area contributed by atoms with Crippen molar-refractivity contribution in [2.24, 2.45) is 5.92 Å². The highest BCUT2D eigenvalue weighted by molar-refractivity contribution is 5.91. The minimum Gasteiger partial charge on any atom is -0.354 e. The Morgan fingerprint density at radius 1 is 0.967 bits per heavy atom. The van der Waals surface area contributed by atoms with Crippen LogP contribution in [0.2, 0.25) is 0 Å². The van der Waals surface area contributed by atoms with Gasteiger partial charge in [0.05, 0.1) is 16.8 Å². The molecule has 158 valence electrons. The fraction of sp³-hybridized carbons (Fsp3) is 0.478. The van der Waals surface area contributed by atoms with Gasteiger partial charge in [0, 0.05) is 32.1 Å². The highest BCUT2D eigenvalue weighted by Gasteiger charge is 2.25. The molecule has 4 rings (SSSR count). The number of carbonyl (C=O) groups is 1. The third-order valence-corrected chi connectivity index (χ3v) is 5.67. The van der Waals surface area contributed by atoms with E-state index in [1.165, 1.54) is 5.56 Å². The largest absolute Gasteiger partial charge is 0.354 e. The third kappa shape index (κ3) is 3.76. The van der Waals surface area contributed by atoms with Crippen molar-refractivity contribution < 1.29 is 4.79 Å². The molecule has 0 saturated carbocycles. The highest BCUT2D eigenvalue weighted by atomic mass is 16.2. The molecule has 0 unspecified atom stereocenters. The number of hydrogen-bond acceptors (Lipinski definition) is 5. The van der Waals surface area contributed by atoms with Gasteiger partial charge >= 0.3 is 0 Å². The van der Waals surface area contributed by atoms with Crippen LogP contribution in [0, 0.1) is 26.7 Å². The summed E-state index contributed by atoms with van der Waals surface area (Å²) >= 11 is 0. The predicted molar refractivity (Wildman–Crippen MR) is 119 cm³/mol. The van der Waals surface area contributed by atoms with E-state index >= 15 is 0 Å². The molecule has 1 fully saturated rings. The lowest BCUT2D eigenvalue weighted by atomic mass is 10.2. The number of aryl methyl sites for hydroxylation is 3. The second-order valence-electron chi connectivity index (χ2n) is 8.45. The molecular weight excluding hydrogens is 376 g/mol. The number of fused-ring (bicyclic) bond motifs is 1. The first-order valence-electron chi connectivity index (χ1n) is 10.7. The maximum absolute atomic E-state index is 12.5. The fourth-order valence-corrected chi connectivity index (χ4v) is 4.08. The van der Waals surface area contributed by atoms with Gasteiger partial charge in [-0.2, -0.15) is 5.10 Å². The zero-order chi connectivity index (χ0) is 21.4. The quantitative estimate of drug-likeness (QED) is 0.667. The van der Waals surface area contributed by atoms with Crippen molar-refractivity contribution in [3.8, 4) is 5.69 Å². The van der Waals surface area contributed by atoms with Gasteiger partial charge < -0.3 is 9.80 Å². The Balaban J connectivity index is 1.73. The lowest BCUT2D eigenvalue weighted by Crippen LogP contribution is -2.37. The molecule has 0 radical (unpaired) electrons. The SMILES string of the molecule is Cc1ccc(-n2nc(C)c3c(N4CCCN(C(=O)C(C)C)CC4)nc(C)nc32)cc1. The maximum Gasteiger partial charge on any atom is 0.225 e. The van der Waals surface area contributed by atoms with Crippen molar-refractivity contribution in [3.63, 3.8) is 0 Å². The van der Waals surface area contributed by atoms with E-state index in [2.05, 4.69) is 36.1 Å². The summed E-state index contributed by atoms with van der Waals surface area (Å²) in [4.78, 5) is 26.3. The molecule has 0 atom stereocenters. The summed E-state index contributed by atoms with van der Waals surface area (Å²) in [6.45, 7) is 13.1. The molecular formula is C23H30N6O. The van der Waals surface area contributed by atoms with Gasteiger partial charge in [0.2, 0.25) is 5.91 Å². The molecule has 0 spiro atoms. The van der Waals surface area contributed by atoms with Crippen LogP contribution in [0.3, 0.4) is 0 Å². The van der Waals surface area contributed by atoms with Gasteiger partial charge in [0.1, 0.15) is 11.6 Å². The number of aromatic nitrogens is 4. The summed E-state index contributed by atoms with van der Waals surface area (Å²) in [6.07, 6.45) is 0.925. The predicted octanol–water partition coefficient (Wildman–Crippen LogP) is 3.44. The van der Waals surface area contributed by atoms with Crippen LogP contribution in [0.15, 0.2) is 24.3 Å². The summed E-state index contributed by atoms with van der Waals surface area (Å²) in [5.41, 5.74) is 3.95. The molecule has 1 saturated heterocycles. The number of hydrogen-bond donors (Lipinski definition) is 0. The van der Waals surface area contributed by atoms with E-state index in [9.17, 15) is 4.79 Å². The summed E-state index contributed by atoms with van der Waals surface area (Å²) in [6, 6.07) is 8.31. The van der Waals surface area contributed by atoms with Gasteiger partial charge in [0.15, 0.2) is 5.65 Å². The first kappa shape index (κ1) is 20.3. The normalized spacial score (nSPS) is 15.1. The number of amides is 1. The van der Waals surface area contributed by atoms with Crippen LogP contribution in [0.1, 0.15) is 37.4 Å². The van der Waals surface area contributed by atoms with E-state index < -0.39 is 0 Å². The van der Waals surface area contributed by atoms with Crippen LogP contribution < -0.4 is 4.90 Å². The van der Waals surface area contributed by atoms with Crippen LogP contribution in [0.5, 0.6) is 0 Å². The Kier molecular flexibility index (Phi) is 5.45. The van der Waals surface area contributed by atoms with Crippen molar-refractivity contribution in [1.82, 2.24) is 24.6 Å². The number of carbonyl (C=O) groups excluding carboxylic acids is 1. The van der Waals surface area contributed by atoms with Crippen LogP contribution in [-0.4, -0.2) is 56.7 Å². The van der Waals surface area contributed by atoms with E-state index in [-0.39, 0.29) is 11.8 Å². The topological polar surface area (TPSA) is 67.2 Å². The average molecular weight is 407 g/mol. The molecule has 0 aliphatic carbocycles. The lowest BCUT2D eigenvalue weighted by Gasteiger charge is -2.24. The number of rotatable bonds is 3. The summed E-state index contributed by atoms with van der Waals surface area (Å²) in [7, 11) is 0. The standard InChI is InChI=1S/C23H30N6O/c1-15(2)23(30)28-12-6-11-27(13-14-28)21-20-17(4)26-29(22(20)25-18(5)24-21)19-9-7-16(3)8-10-19/h7-10,15H,6,11-14H2,1-5H3. The molecule has 1 aliphatic heterocycles. The van der Waals surface area contributed by atoms with E-state index in [0.29, 0.717) is 6.54 Å². The molecule has 3 aromatic rings. The monoisotopic (exact) mass is 406 g/mol. The molecule has 2 aromatic heterocycles. The number of nitrogens with zero attached hydrogens (tertiary/aromatic N) is 6. The highest BCUT2D eigenvalue weighted by Crippen LogP contribution is 2.29. The second-order valence-corrected chi connectivity index (χ2v) is 8.45. The molecule has 7 heteroatoms. The maximum atomic E-state index is 12.5. The lowest BCUT2D eigenvalue weighted by molar-refractivity contribution is -0.134. The minimum absolute atomic E-state index is 0.0273. The van der Waals surface area contributed by atoms with Crippen LogP contribution in [0.25, 0.3) is 16.7 Å². The Hall–Kier alpha value is -2.96. The van der Waals surface area contributed by atoms with E-state index in [1.54, 1.807) is 0 Å². The third-order valence-electron chi connectivity index (χ3n) is 5.67. The van der Waals surface area contributed by atoms with E-state index in [0.717, 1.165) is 60.1 Å². The Labute approximate surface area is 177 Å². The van der Waals surface area contributed by atoms with Gasteiger partial charge in [0.25, 0.3) is 0 Å². The number of benzene rings is 1. The van der Waals surface area contributed by atoms with Crippen molar-refractivity contribution in [3.05, 3.63) is 41.3 Å². The Morgan fingerprint density at radius 2 is 1.70 bits per heavy atom. The molecule has 0 bridgehead atoms. The van der Waals surface area contributed by atoms with Crippen molar-refractivity contribution in [2.45, 2.75) is 41.0 Å². The van der Waals surface area contributed by atoms with E-state index in [4.69, 9.17) is 15.1 Å². The fourth-order valence-electron chi connectivity index (χ4n) is 4.08. The minimum atomic E-state index is 0.0273. The zero-order valence-corrected chi connectivity index (χ0v) is 18.5. The van der Waals surface area contributed by atoms with Crippen molar-refractivity contribution >= 4 is 22.8 Å². The van der Waals surface area contributed by atoms with Gasteiger partial charge in [-0.05, 0) is 39.3 Å². The van der Waals surface area contributed by atoms with Crippen molar-refractivity contribution in [1.29, 1.82) is 0 Å². The first-order chi connectivity index (χ1) is 14.3. The molecule has 7 nitrogen and oxygen atoms in total. The Bertz CT molecular complexity index is 1070.